The lowest BCUT2D eigenvalue weighted by Crippen LogP contribution is -2.42. The molecule has 0 aliphatic carbocycles. The maximum absolute atomic E-state index is 12.5. The number of aromatic nitrogens is 1. The number of nitrogens with one attached hydrogen (secondary N) is 1. The fourth-order valence-corrected chi connectivity index (χ4v) is 3.05. The van der Waals surface area contributed by atoms with Gasteiger partial charge in [0, 0.05) is 32.0 Å². The highest BCUT2D eigenvalue weighted by molar-refractivity contribution is 5.77. The number of likely N-dealkylation sites (tertiary alicyclic amines) is 1. The minimum Gasteiger partial charge on any atom is -0.375 e. The maximum Gasteiger partial charge on any atom is 0.225 e. The topological polar surface area (TPSA) is 54.5 Å². The van der Waals surface area contributed by atoms with Gasteiger partial charge in [0.25, 0.3) is 0 Å². The number of nitrogens with zero attached hydrogens (tertiary/aromatic N) is 2. The molecule has 0 saturated carbocycles. The summed E-state index contributed by atoms with van der Waals surface area (Å²) in [4.78, 5) is 18.7. The van der Waals surface area contributed by atoms with E-state index in [-0.39, 0.29) is 18.1 Å². The molecule has 108 valence electrons. The van der Waals surface area contributed by atoms with E-state index in [9.17, 15) is 4.79 Å². The van der Waals surface area contributed by atoms with Crippen LogP contribution in [0.5, 0.6) is 0 Å². The van der Waals surface area contributed by atoms with E-state index in [1.54, 1.807) is 6.20 Å². The number of morpholine rings is 1. The summed E-state index contributed by atoms with van der Waals surface area (Å²) in [7, 11) is 0. The summed E-state index contributed by atoms with van der Waals surface area (Å²) in [5.74, 6) is 0.199. The third kappa shape index (κ3) is 2.99. The fraction of sp³-hybridized carbons (Fsp3) is 0.600. The molecule has 2 fully saturated rings. The van der Waals surface area contributed by atoms with Gasteiger partial charge >= 0.3 is 0 Å². The second-order valence-electron chi connectivity index (χ2n) is 5.43. The summed E-state index contributed by atoms with van der Waals surface area (Å²) in [5, 5.41) is 3.27. The molecule has 20 heavy (non-hydrogen) atoms. The molecule has 3 heterocycles. The summed E-state index contributed by atoms with van der Waals surface area (Å²) >= 11 is 0. The molecule has 0 radical (unpaired) electrons. The first-order valence-electron chi connectivity index (χ1n) is 7.36. The van der Waals surface area contributed by atoms with Crippen molar-refractivity contribution >= 4 is 5.91 Å². The molecule has 0 aromatic carbocycles. The first kappa shape index (κ1) is 13.5. The lowest BCUT2D eigenvalue weighted by molar-refractivity contribution is -0.135. The second-order valence-corrected chi connectivity index (χ2v) is 5.43. The van der Waals surface area contributed by atoms with Crippen LogP contribution in [0.15, 0.2) is 24.5 Å². The molecule has 5 nitrogen and oxygen atoms in total. The number of carbonyl (C=O) groups excluding carboxylic acids is 1. The Hall–Kier alpha value is -1.46. The quantitative estimate of drug-likeness (QED) is 0.898. The second kappa shape index (κ2) is 6.33. The Morgan fingerprint density at radius 1 is 1.55 bits per heavy atom. The van der Waals surface area contributed by atoms with Crippen molar-refractivity contribution in [2.45, 2.75) is 31.4 Å². The molecule has 3 rings (SSSR count). The summed E-state index contributed by atoms with van der Waals surface area (Å²) in [6, 6.07) is 4.18. The van der Waals surface area contributed by atoms with E-state index >= 15 is 0 Å². The third-order valence-corrected chi connectivity index (χ3v) is 4.05. The highest BCUT2D eigenvalue weighted by atomic mass is 16.5. The first-order chi connectivity index (χ1) is 9.84. The molecule has 2 unspecified atom stereocenters. The summed E-state index contributed by atoms with van der Waals surface area (Å²) < 4.78 is 5.63. The van der Waals surface area contributed by atoms with Crippen molar-refractivity contribution in [3.8, 4) is 0 Å². The van der Waals surface area contributed by atoms with Crippen molar-refractivity contribution in [2.24, 2.45) is 0 Å². The minimum absolute atomic E-state index is 0.0198. The number of hydrogen-bond donors (Lipinski definition) is 1. The SMILES string of the molecule is O=C(CC1CNCCO1)N1CCCC1c1cccnc1. The van der Waals surface area contributed by atoms with Crippen LogP contribution in [-0.2, 0) is 9.53 Å². The molecule has 0 bridgehead atoms. The van der Waals surface area contributed by atoms with Gasteiger partial charge in [0.2, 0.25) is 5.91 Å². The smallest absolute Gasteiger partial charge is 0.225 e. The molecule has 2 atom stereocenters. The Balaban J connectivity index is 1.64. The van der Waals surface area contributed by atoms with Crippen molar-refractivity contribution in [3.63, 3.8) is 0 Å². The number of amides is 1. The monoisotopic (exact) mass is 275 g/mol. The van der Waals surface area contributed by atoms with Crippen LogP contribution < -0.4 is 5.32 Å². The zero-order chi connectivity index (χ0) is 13.8. The average molecular weight is 275 g/mol. The highest BCUT2D eigenvalue weighted by Gasteiger charge is 2.31. The summed E-state index contributed by atoms with van der Waals surface area (Å²) in [6.45, 7) is 3.20. The summed E-state index contributed by atoms with van der Waals surface area (Å²) in [5.41, 5.74) is 1.14. The van der Waals surface area contributed by atoms with E-state index < -0.39 is 0 Å². The molecule has 1 aromatic rings. The van der Waals surface area contributed by atoms with Crippen LogP contribution in [0.3, 0.4) is 0 Å². The van der Waals surface area contributed by atoms with Crippen LogP contribution in [0.4, 0.5) is 0 Å². The molecule has 0 spiro atoms. The van der Waals surface area contributed by atoms with Gasteiger partial charge in [0.05, 0.1) is 25.2 Å². The fourth-order valence-electron chi connectivity index (χ4n) is 3.05. The molecule has 2 aliphatic rings. The Labute approximate surface area is 119 Å². The molecular formula is C15H21N3O2. The van der Waals surface area contributed by atoms with Gasteiger partial charge in [-0.25, -0.2) is 0 Å². The van der Waals surface area contributed by atoms with Crippen LogP contribution in [0, 0.1) is 0 Å². The van der Waals surface area contributed by atoms with E-state index in [0.717, 1.165) is 38.0 Å². The standard InChI is InChI=1S/C15H21N3O2/c19-15(9-13-11-17-6-8-20-13)18-7-2-4-14(18)12-3-1-5-16-10-12/h1,3,5,10,13-14,17H,2,4,6-9,11H2. The zero-order valence-corrected chi connectivity index (χ0v) is 11.6. The van der Waals surface area contributed by atoms with Crippen molar-refractivity contribution in [1.29, 1.82) is 0 Å². The first-order valence-corrected chi connectivity index (χ1v) is 7.36. The molecular weight excluding hydrogens is 254 g/mol. The van der Waals surface area contributed by atoms with E-state index in [0.29, 0.717) is 13.0 Å². The van der Waals surface area contributed by atoms with Crippen LogP contribution >= 0.6 is 0 Å². The van der Waals surface area contributed by atoms with Gasteiger partial charge in [-0.1, -0.05) is 6.07 Å². The van der Waals surface area contributed by atoms with Gasteiger partial charge in [0.15, 0.2) is 0 Å². The highest BCUT2D eigenvalue weighted by Crippen LogP contribution is 2.32. The number of carbonyl (C=O) groups is 1. The number of pyridine rings is 1. The molecule has 2 saturated heterocycles. The van der Waals surface area contributed by atoms with Crippen LogP contribution in [0.25, 0.3) is 0 Å². The Morgan fingerprint density at radius 2 is 2.50 bits per heavy atom. The molecule has 1 N–H and O–H groups in total. The van der Waals surface area contributed by atoms with Gasteiger partial charge in [0.1, 0.15) is 0 Å². The predicted molar refractivity (Wildman–Crippen MR) is 75.2 cm³/mol. The number of ether oxygens (including phenoxy) is 1. The van der Waals surface area contributed by atoms with Crippen molar-refractivity contribution in [3.05, 3.63) is 30.1 Å². The van der Waals surface area contributed by atoms with E-state index in [1.165, 1.54) is 0 Å². The molecule has 1 amide bonds. The largest absolute Gasteiger partial charge is 0.375 e. The van der Waals surface area contributed by atoms with Crippen LogP contribution in [0.1, 0.15) is 30.9 Å². The Bertz CT molecular complexity index is 446. The normalized spacial score (nSPS) is 26.7. The third-order valence-electron chi connectivity index (χ3n) is 4.05. The lowest BCUT2D eigenvalue weighted by atomic mass is 10.1. The maximum atomic E-state index is 12.5. The van der Waals surface area contributed by atoms with E-state index in [1.807, 2.05) is 17.2 Å². The van der Waals surface area contributed by atoms with Gasteiger partial charge in [-0.2, -0.15) is 0 Å². The molecule has 2 aliphatic heterocycles. The Kier molecular flexibility index (Phi) is 4.28. The van der Waals surface area contributed by atoms with Gasteiger partial charge in [-0.15, -0.1) is 0 Å². The number of hydrogen-bond acceptors (Lipinski definition) is 4. The zero-order valence-electron chi connectivity index (χ0n) is 11.6. The van der Waals surface area contributed by atoms with E-state index in [4.69, 9.17) is 4.74 Å². The summed E-state index contributed by atoms with van der Waals surface area (Å²) in [6.07, 6.45) is 6.23. The Morgan fingerprint density at radius 3 is 3.25 bits per heavy atom. The van der Waals surface area contributed by atoms with Crippen molar-refractivity contribution in [2.75, 3.05) is 26.2 Å². The average Bonchev–Trinajstić information content (AvgIpc) is 2.99. The molecule has 5 heteroatoms. The predicted octanol–water partition coefficient (Wildman–Crippen LogP) is 1.12. The van der Waals surface area contributed by atoms with Gasteiger partial charge in [-0.05, 0) is 24.5 Å². The molecule has 1 aromatic heterocycles. The van der Waals surface area contributed by atoms with Crippen LogP contribution in [-0.4, -0.2) is 48.1 Å². The lowest BCUT2D eigenvalue weighted by Gasteiger charge is -2.28. The van der Waals surface area contributed by atoms with Gasteiger partial charge in [-0.3, -0.25) is 9.78 Å². The number of rotatable bonds is 3. The van der Waals surface area contributed by atoms with E-state index in [2.05, 4.69) is 16.4 Å². The van der Waals surface area contributed by atoms with Gasteiger partial charge < -0.3 is 15.0 Å². The van der Waals surface area contributed by atoms with Crippen molar-refractivity contribution < 1.29 is 9.53 Å². The minimum atomic E-state index is 0.0198. The van der Waals surface area contributed by atoms with Crippen LogP contribution in [0.2, 0.25) is 0 Å². The van der Waals surface area contributed by atoms with Crippen molar-refractivity contribution in [1.82, 2.24) is 15.2 Å².